The average Bonchev–Trinajstić information content (AvgIpc) is 3.20. The number of phenols is 1. The molecule has 11 nitrogen and oxygen atoms in total. The number of carboxylic acid groups (broad SMARTS) is 1. The molecule has 1 amide bonds. The number of nitrogens with zero attached hydrogens (tertiary/aromatic N) is 2. The lowest BCUT2D eigenvalue weighted by atomic mass is 9.81. The molecule has 2 bridgehead atoms. The molecule has 3 atom stereocenters. The number of benzene rings is 4. The summed E-state index contributed by atoms with van der Waals surface area (Å²) in [5.74, 6) is 1.75. The molecule has 0 saturated carbocycles. The number of aromatic amines is 1. The number of hydrogen-bond donors (Lipinski definition) is 5. The third kappa shape index (κ3) is 8.71. The van der Waals surface area contributed by atoms with E-state index < -0.39 is 18.2 Å². The minimum absolute atomic E-state index is 0.0346. The Morgan fingerprint density at radius 2 is 1.65 bits per heavy atom. The minimum atomic E-state index is -0.902. The molecule has 0 radical (unpaired) electrons. The number of unbranched alkanes of at least 4 members (excludes halogenated alkanes) is 1. The Morgan fingerprint density at radius 1 is 0.889 bits per heavy atom. The monoisotopic (exact) mass is 732 g/mol. The van der Waals surface area contributed by atoms with Gasteiger partial charge in [-0.05, 0) is 110 Å². The topological polar surface area (TPSA) is 148 Å². The van der Waals surface area contributed by atoms with E-state index in [2.05, 4.69) is 15.2 Å². The van der Waals surface area contributed by atoms with Gasteiger partial charge >= 0.3 is 6.09 Å². The molecule has 0 aliphatic carbocycles. The van der Waals surface area contributed by atoms with Crippen LogP contribution < -0.4 is 20.3 Å². The smallest absolute Gasteiger partial charge is 0.408 e. The number of aliphatic hydroxyl groups excluding tert-OH is 1. The molecule has 3 saturated heterocycles. The van der Waals surface area contributed by atoms with E-state index in [1.54, 1.807) is 17.0 Å². The Morgan fingerprint density at radius 3 is 2.41 bits per heavy atom. The van der Waals surface area contributed by atoms with Crippen LogP contribution in [-0.4, -0.2) is 81.6 Å². The first-order valence-corrected chi connectivity index (χ1v) is 18.8. The van der Waals surface area contributed by atoms with Crippen molar-refractivity contribution < 1.29 is 29.6 Å². The maximum atomic E-state index is 13.0. The Kier molecular flexibility index (Phi) is 11.8. The van der Waals surface area contributed by atoms with Crippen molar-refractivity contribution in [1.29, 1.82) is 0 Å². The zero-order valence-corrected chi connectivity index (χ0v) is 30.3. The predicted octanol–water partition coefficient (Wildman–Crippen LogP) is 6.46. The van der Waals surface area contributed by atoms with Crippen LogP contribution in [0.2, 0.25) is 0 Å². The van der Waals surface area contributed by atoms with Gasteiger partial charge in [0.15, 0.2) is 0 Å². The van der Waals surface area contributed by atoms with Gasteiger partial charge in [0.25, 0.3) is 0 Å². The van der Waals surface area contributed by atoms with E-state index in [-0.39, 0.29) is 17.4 Å². The number of piperidine rings is 3. The van der Waals surface area contributed by atoms with Crippen LogP contribution in [0.25, 0.3) is 10.9 Å². The summed E-state index contributed by atoms with van der Waals surface area (Å²) in [6, 6.07) is 31.2. The van der Waals surface area contributed by atoms with Crippen molar-refractivity contribution in [2.24, 2.45) is 5.92 Å². The van der Waals surface area contributed by atoms with Crippen molar-refractivity contribution in [2.75, 3.05) is 39.3 Å². The first-order valence-electron chi connectivity index (χ1n) is 18.8. The van der Waals surface area contributed by atoms with E-state index in [0.717, 1.165) is 67.8 Å². The highest BCUT2D eigenvalue weighted by Gasteiger charge is 2.43. The van der Waals surface area contributed by atoms with Crippen molar-refractivity contribution in [1.82, 2.24) is 20.1 Å². The van der Waals surface area contributed by atoms with Crippen LogP contribution in [0, 0.1) is 5.92 Å². The quantitative estimate of drug-likeness (QED) is 0.0722. The molecular formula is C43H48N4O7. The van der Waals surface area contributed by atoms with Gasteiger partial charge in [-0.2, -0.15) is 0 Å². The van der Waals surface area contributed by atoms with Crippen LogP contribution in [0.1, 0.15) is 60.1 Å². The number of rotatable bonds is 16. The van der Waals surface area contributed by atoms with E-state index in [1.807, 2.05) is 78.9 Å². The lowest BCUT2D eigenvalue weighted by Gasteiger charge is -2.50. The molecule has 1 aromatic heterocycles. The van der Waals surface area contributed by atoms with Crippen molar-refractivity contribution in [3.8, 4) is 17.2 Å². The van der Waals surface area contributed by atoms with Crippen LogP contribution >= 0.6 is 0 Å². The number of aromatic hydroxyl groups is 1. The predicted molar refractivity (Wildman–Crippen MR) is 207 cm³/mol. The molecule has 1 unspecified atom stereocenters. The van der Waals surface area contributed by atoms with Gasteiger partial charge in [-0.25, -0.2) is 4.79 Å². The summed E-state index contributed by atoms with van der Waals surface area (Å²) in [4.78, 5) is 31.4. The largest absolute Gasteiger partial charge is 0.506 e. The molecule has 11 heteroatoms. The number of pyridine rings is 1. The number of hydrogen-bond acceptors (Lipinski definition) is 8. The number of fused-ring (bicyclic) bond motifs is 4. The molecule has 5 N–H and O–H groups in total. The lowest BCUT2D eigenvalue weighted by Crippen LogP contribution is -2.59. The Hall–Kier alpha value is -5.36. The standard InChI is InChI=1S/C43H48N4O7/c48-38-16-14-35(36-15-17-40(50)45-41(36)38)39(49)26-44-20-4-5-23-53-33-12-6-8-29(24-33)28-54-34-13-7-11-32(25-34)42(31-9-2-1-3-10-31)47(43(51)52)37-27-46-21-18-30(37)19-22-46/h1-3,6-17,24-25,30,37,39,42,44,48-49H,4-5,18-23,26-28H2,(H,45,50)(H,51,52)/t37-,39-,42?/m0/s1. The third-order valence-electron chi connectivity index (χ3n) is 10.7. The van der Waals surface area contributed by atoms with Gasteiger partial charge in [-0.3, -0.25) is 9.69 Å². The maximum Gasteiger partial charge on any atom is 0.408 e. The lowest BCUT2D eigenvalue weighted by molar-refractivity contribution is -0.000812. The number of phenolic OH excluding ortho intramolecular Hbond substituents is 1. The first-order chi connectivity index (χ1) is 26.3. The zero-order valence-electron chi connectivity index (χ0n) is 30.3. The minimum Gasteiger partial charge on any atom is -0.506 e. The summed E-state index contributed by atoms with van der Waals surface area (Å²) in [6.45, 7) is 4.73. The number of H-pyrrole nitrogens is 1. The van der Waals surface area contributed by atoms with Gasteiger partial charge in [-0.1, -0.05) is 60.7 Å². The van der Waals surface area contributed by atoms with E-state index in [4.69, 9.17) is 9.47 Å². The van der Waals surface area contributed by atoms with Crippen molar-refractivity contribution in [3.63, 3.8) is 0 Å². The highest BCUT2D eigenvalue weighted by molar-refractivity contribution is 5.87. The molecule has 3 aliphatic heterocycles. The molecule has 0 spiro atoms. The number of carbonyl (C=O) groups is 1. The first kappa shape index (κ1) is 37.0. The molecule has 5 aromatic rings. The number of ether oxygens (including phenoxy) is 2. The number of aliphatic hydroxyl groups is 1. The number of nitrogens with one attached hydrogen (secondary N) is 2. The Labute approximate surface area is 314 Å². The fourth-order valence-corrected chi connectivity index (χ4v) is 7.95. The van der Waals surface area contributed by atoms with Gasteiger partial charge in [-0.15, -0.1) is 0 Å². The maximum absolute atomic E-state index is 13.0. The SMILES string of the molecule is O=C(O)N(C(c1ccccc1)c1cccc(OCc2cccc(OCCCCNC[C@H](O)c3ccc(O)c4[nH]c(=O)ccc34)c2)c1)[C@H]1CN2CCC1CC2. The van der Waals surface area contributed by atoms with E-state index in [0.29, 0.717) is 54.4 Å². The van der Waals surface area contributed by atoms with E-state index in [1.165, 1.54) is 12.1 Å². The molecule has 4 aromatic carbocycles. The van der Waals surface area contributed by atoms with Crippen molar-refractivity contribution >= 4 is 17.0 Å². The molecule has 8 rings (SSSR count). The third-order valence-corrected chi connectivity index (χ3v) is 10.7. The van der Waals surface area contributed by atoms with Gasteiger partial charge in [0.05, 0.1) is 30.3 Å². The summed E-state index contributed by atoms with van der Waals surface area (Å²) in [5, 5.41) is 35.4. The highest BCUT2D eigenvalue weighted by Crippen LogP contribution is 2.39. The number of aromatic nitrogens is 1. The Balaban J connectivity index is 0.909. The van der Waals surface area contributed by atoms with Gasteiger partial charge in [0, 0.05) is 24.5 Å². The van der Waals surface area contributed by atoms with Crippen LogP contribution in [0.4, 0.5) is 4.79 Å². The second-order valence-corrected chi connectivity index (χ2v) is 14.3. The summed E-state index contributed by atoms with van der Waals surface area (Å²) < 4.78 is 12.3. The van der Waals surface area contributed by atoms with Crippen molar-refractivity contribution in [2.45, 2.75) is 50.5 Å². The van der Waals surface area contributed by atoms with Crippen LogP contribution in [0.3, 0.4) is 0 Å². The van der Waals surface area contributed by atoms with Crippen molar-refractivity contribution in [3.05, 3.63) is 136 Å². The fraction of sp³-hybridized carbons (Fsp3) is 0.349. The van der Waals surface area contributed by atoms with Crippen LogP contribution in [0.15, 0.2) is 108 Å². The molecule has 282 valence electrons. The van der Waals surface area contributed by atoms with Gasteiger partial charge in [0.1, 0.15) is 23.9 Å². The fourth-order valence-electron chi connectivity index (χ4n) is 7.95. The molecule has 3 fully saturated rings. The highest BCUT2D eigenvalue weighted by atomic mass is 16.5. The van der Waals surface area contributed by atoms with E-state index in [9.17, 15) is 24.9 Å². The van der Waals surface area contributed by atoms with Gasteiger partial charge < -0.3 is 40.0 Å². The van der Waals surface area contributed by atoms with E-state index >= 15 is 0 Å². The molecule has 3 aliphatic rings. The molecule has 4 heterocycles. The second kappa shape index (κ2) is 17.2. The zero-order chi connectivity index (χ0) is 37.4. The molecular weight excluding hydrogens is 684 g/mol. The summed E-state index contributed by atoms with van der Waals surface area (Å²) in [5.41, 5.74) is 3.41. The normalized spacial score (nSPS) is 18.9. The Bertz CT molecular complexity index is 2080. The van der Waals surface area contributed by atoms with Crippen LogP contribution in [-0.2, 0) is 6.61 Å². The summed E-state index contributed by atoms with van der Waals surface area (Å²) in [7, 11) is 0. The second-order valence-electron chi connectivity index (χ2n) is 14.3. The summed E-state index contributed by atoms with van der Waals surface area (Å²) in [6.07, 6.45) is 2.01. The van der Waals surface area contributed by atoms with Gasteiger partial charge in [0.2, 0.25) is 5.56 Å². The molecule has 54 heavy (non-hydrogen) atoms. The summed E-state index contributed by atoms with van der Waals surface area (Å²) >= 11 is 0. The van der Waals surface area contributed by atoms with Crippen LogP contribution in [0.5, 0.6) is 17.2 Å². The number of amides is 1. The average molecular weight is 733 g/mol.